The van der Waals surface area contributed by atoms with Crippen molar-refractivity contribution in [2.24, 2.45) is 5.92 Å². The molecule has 24 heavy (non-hydrogen) atoms. The largest absolute Gasteiger partial charge is 0.311 e. The molecule has 1 atom stereocenters. The molecule has 4 heteroatoms. The van der Waals surface area contributed by atoms with E-state index in [0.717, 1.165) is 24.1 Å². The van der Waals surface area contributed by atoms with Gasteiger partial charge >= 0.3 is 0 Å². The normalized spacial score (nSPS) is 18.2. The second kappa shape index (κ2) is 6.06. The Labute approximate surface area is 146 Å². The molecule has 2 aromatic rings. The third kappa shape index (κ3) is 2.73. The Morgan fingerprint density at radius 1 is 1.08 bits per heavy atom. The Bertz CT molecular complexity index is 796. The van der Waals surface area contributed by atoms with Crippen LogP contribution in [0.4, 0.5) is 5.69 Å². The molecule has 1 amide bonds. The highest BCUT2D eigenvalue weighted by molar-refractivity contribution is 6.30. The van der Waals surface area contributed by atoms with Crippen LogP contribution < -0.4 is 4.90 Å². The number of ketones is 1. The van der Waals surface area contributed by atoms with Crippen LogP contribution in [-0.4, -0.2) is 18.2 Å². The highest BCUT2D eigenvalue weighted by Gasteiger charge is 2.41. The van der Waals surface area contributed by atoms with Crippen LogP contribution in [-0.2, 0) is 4.79 Å². The van der Waals surface area contributed by atoms with Gasteiger partial charge in [0.1, 0.15) is 0 Å². The Morgan fingerprint density at radius 2 is 1.79 bits per heavy atom. The third-order valence-corrected chi connectivity index (χ3v) is 5.16. The van der Waals surface area contributed by atoms with Crippen LogP contribution in [0.25, 0.3) is 0 Å². The predicted molar refractivity (Wildman–Crippen MR) is 94.7 cm³/mol. The van der Waals surface area contributed by atoms with E-state index in [1.807, 2.05) is 48.5 Å². The summed E-state index contributed by atoms with van der Waals surface area (Å²) < 4.78 is 0. The summed E-state index contributed by atoms with van der Waals surface area (Å²) in [5, 5.41) is 0.676. The summed E-state index contributed by atoms with van der Waals surface area (Å²) in [5.74, 6) is 0.455. The van der Waals surface area contributed by atoms with Gasteiger partial charge in [-0.05, 0) is 48.6 Å². The molecule has 122 valence electrons. The SMILES string of the molecule is O=C1CCN(C(=O)C(c2ccc(Cl)cc2)C2CC2)c2ccccc21. The maximum atomic E-state index is 13.3. The standard InChI is InChI=1S/C20H18ClNO2/c21-15-9-7-14(8-10-15)19(13-5-6-13)20(24)22-12-11-18(23)16-3-1-2-4-17(16)22/h1-4,7-10,13,19H,5-6,11-12H2. The lowest BCUT2D eigenvalue weighted by molar-refractivity contribution is -0.120. The van der Waals surface area contributed by atoms with Gasteiger partial charge in [0.2, 0.25) is 5.91 Å². The average molecular weight is 340 g/mol. The number of hydrogen-bond donors (Lipinski definition) is 0. The van der Waals surface area contributed by atoms with Crippen LogP contribution in [0, 0.1) is 5.92 Å². The summed E-state index contributed by atoms with van der Waals surface area (Å²) in [5.41, 5.74) is 2.42. The van der Waals surface area contributed by atoms with Crippen molar-refractivity contribution in [3.8, 4) is 0 Å². The van der Waals surface area contributed by atoms with Gasteiger partial charge in [-0.25, -0.2) is 0 Å². The van der Waals surface area contributed by atoms with Gasteiger partial charge in [0.05, 0.1) is 11.6 Å². The zero-order valence-corrected chi connectivity index (χ0v) is 14.0. The molecule has 1 unspecified atom stereocenters. The van der Waals surface area contributed by atoms with Gasteiger partial charge < -0.3 is 4.90 Å². The first-order valence-electron chi connectivity index (χ1n) is 8.34. The van der Waals surface area contributed by atoms with E-state index >= 15 is 0 Å². The number of carbonyl (C=O) groups excluding carboxylic acids is 2. The fraction of sp³-hybridized carbons (Fsp3) is 0.300. The van der Waals surface area contributed by atoms with Gasteiger partial charge in [0, 0.05) is 23.6 Å². The highest BCUT2D eigenvalue weighted by Crippen LogP contribution is 2.45. The summed E-state index contributed by atoms with van der Waals surface area (Å²) in [6, 6.07) is 15.0. The van der Waals surface area contributed by atoms with E-state index in [2.05, 4.69) is 0 Å². The number of para-hydroxylation sites is 1. The molecule has 0 saturated heterocycles. The minimum absolute atomic E-state index is 0.0970. The molecule has 2 aromatic carbocycles. The monoisotopic (exact) mass is 339 g/mol. The predicted octanol–water partition coefficient (Wildman–Crippen LogP) is 4.45. The molecule has 1 fully saturated rings. The molecule has 0 radical (unpaired) electrons. The van der Waals surface area contributed by atoms with Crippen molar-refractivity contribution in [1.82, 2.24) is 0 Å². The lowest BCUT2D eigenvalue weighted by Gasteiger charge is -2.32. The second-order valence-electron chi connectivity index (χ2n) is 6.55. The maximum Gasteiger partial charge on any atom is 0.234 e. The molecule has 4 rings (SSSR count). The van der Waals surface area contributed by atoms with Gasteiger partial charge in [-0.1, -0.05) is 35.9 Å². The number of carbonyl (C=O) groups is 2. The average Bonchev–Trinajstić information content (AvgIpc) is 3.42. The first-order chi connectivity index (χ1) is 11.6. The molecular weight excluding hydrogens is 322 g/mol. The molecule has 3 nitrogen and oxygen atoms in total. The number of rotatable bonds is 3. The Balaban J connectivity index is 1.70. The minimum atomic E-state index is -0.150. The van der Waals surface area contributed by atoms with Crippen LogP contribution in [0.3, 0.4) is 0 Å². The van der Waals surface area contributed by atoms with E-state index in [1.54, 1.807) is 4.90 Å². The van der Waals surface area contributed by atoms with Crippen LogP contribution in [0.5, 0.6) is 0 Å². The zero-order valence-electron chi connectivity index (χ0n) is 13.2. The van der Waals surface area contributed by atoms with Gasteiger partial charge in [-0.3, -0.25) is 9.59 Å². The van der Waals surface area contributed by atoms with Crippen molar-refractivity contribution in [3.05, 3.63) is 64.7 Å². The number of anilines is 1. The van der Waals surface area contributed by atoms with E-state index < -0.39 is 0 Å². The lowest BCUT2D eigenvalue weighted by atomic mass is 9.91. The van der Waals surface area contributed by atoms with Crippen LogP contribution in [0.1, 0.15) is 41.1 Å². The quantitative estimate of drug-likeness (QED) is 0.828. The third-order valence-electron chi connectivity index (χ3n) is 4.91. The molecule has 0 spiro atoms. The number of fused-ring (bicyclic) bond motifs is 1. The molecule has 2 aliphatic rings. The zero-order chi connectivity index (χ0) is 16.7. The van der Waals surface area contributed by atoms with Crippen LogP contribution in [0.2, 0.25) is 5.02 Å². The van der Waals surface area contributed by atoms with Crippen molar-refractivity contribution in [2.45, 2.75) is 25.2 Å². The molecule has 1 heterocycles. The molecule has 0 aromatic heterocycles. The van der Waals surface area contributed by atoms with Crippen molar-refractivity contribution in [3.63, 3.8) is 0 Å². The van der Waals surface area contributed by atoms with Crippen molar-refractivity contribution in [2.75, 3.05) is 11.4 Å². The summed E-state index contributed by atoms with van der Waals surface area (Å²) in [6.07, 6.45) is 2.54. The van der Waals surface area contributed by atoms with E-state index in [4.69, 9.17) is 11.6 Å². The maximum absolute atomic E-state index is 13.3. The minimum Gasteiger partial charge on any atom is -0.311 e. The molecule has 0 N–H and O–H groups in total. The molecular formula is C20H18ClNO2. The number of Topliss-reactive ketones (excluding diaryl/α,β-unsaturated/α-hetero) is 1. The Morgan fingerprint density at radius 3 is 2.50 bits per heavy atom. The van der Waals surface area contributed by atoms with Crippen molar-refractivity contribution < 1.29 is 9.59 Å². The van der Waals surface area contributed by atoms with E-state index in [0.29, 0.717) is 29.5 Å². The highest BCUT2D eigenvalue weighted by atomic mass is 35.5. The van der Waals surface area contributed by atoms with Gasteiger partial charge in [-0.2, -0.15) is 0 Å². The van der Waals surface area contributed by atoms with Gasteiger partial charge in [0.25, 0.3) is 0 Å². The molecule has 1 aliphatic heterocycles. The molecule has 0 bridgehead atoms. The fourth-order valence-electron chi connectivity index (χ4n) is 3.53. The number of benzene rings is 2. The Kier molecular flexibility index (Phi) is 3.89. The number of halogens is 1. The summed E-state index contributed by atoms with van der Waals surface area (Å²) in [6.45, 7) is 0.464. The first-order valence-corrected chi connectivity index (χ1v) is 8.72. The van der Waals surface area contributed by atoms with Crippen LogP contribution >= 0.6 is 11.6 Å². The lowest BCUT2D eigenvalue weighted by Crippen LogP contribution is -2.40. The van der Waals surface area contributed by atoms with Crippen LogP contribution in [0.15, 0.2) is 48.5 Å². The fourth-order valence-corrected chi connectivity index (χ4v) is 3.65. The van der Waals surface area contributed by atoms with Crippen molar-refractivity contribution in [1.29, 1.82) is 0 Å². The van der Waals surface area contributed by atoms with Gasteiger partial charge in [0.15, 0.2) is 5.78 Å². The summed E-state index contributed by atoms with van der Waals surface area (Å²) in [7, 11) is 0. The Hall–Kier alpha value is -2.13. The van der Waals surface area contributed by atoms with E-state index in [1.165, 1.54) is 0 Å². The number of hydrogen-bond acceptors (Lipinski definition) is 2. The topological polar surface area (TPSA) is 37.4 Å². The van der Waals surface area contributed by atoms with Crippen molar-refractivity contribution >= 4 is 29.0 Å². The molecule has 1 aliphatic carbocycles. The number of amides is 1. The summed E-state index contributed by atoms with van der Waals surface area (Å²) in [4.78, 5) is 27.2. The second-order valence-corrected chi connectivity index (χ2v) is 6.98. The number of nitrogens with zero attached hydrogens (tertiary/aromatic N) is 1. The first kappa shape index (κ1) is 15.4. The van der Waals surface area contributed by atoms with E-state index in [9.17, 15) is 9.59 Å². The summed E-state index contributed by atoms with van der Waals surface area (Å²) >= 11 is 5.99. The smallest absolute Gasteiger partial charge is 0.234 e. The molecule has 1 saturated carbocycles. The van der Waals surface area contributed by atoms with E-state index in [-0.39, 0.29) is 17.6 Å². The van der Waals surface area contributed by atoms with Gasteiger partial charge in [-0.15, -0.1) is 0 Å².